The van der Waals surface area contributed by atoms with Gasteiger partial charge in [-0.05, 0) is 51.9 Å². The molecular weight excluding hydrogens is 314 g/mol. The standard InChI is InChI=1S/C20H29N3O2/c1-6-7-10-23-16(4)21-14(2)18(23)12-22(5)15(3)17-8-9-19-20(11-17)25-13-24-19/h8-9,11,15H,6-7,10,12-13H2,1-5H3. The number of aromatic nitrogens is 2. The second-order valence-corrected chi connectivity index (χ2v) is 6.90. The molecule has 0 radical (unpaired) electrons. The minimum Gasteiger partial charge on any atom is -0.454 e. The van der Waals surface area contributed by atoms with E-state index in [0.717, 1.165) is 36.1 Å². The molecule has 1 atom stereocenters. The molecule has 0 N–H and O–H groups in total. The van der Waals surface area contributed by atoms with Gasteiger partial charge < -0.3 is 14.0 Å². The Bertz CT molecular complexity index is 739. The molecule has 0 saturated carbocycles. The van der Waals surface area contributed by atoms with Crippen LogP contribution in [-0.2, 0) is 13.1 Å². The van der Waals surface area contributed by atoms with Gasteiger partial charge in [-0.25, -0.2) is 4.98 Å². The average Bonchev–Trinajstić information content (AvgIpc) is 3.16. The Morgan fingerprint density at radius 3 is 2.76 bits per heavy atom. The van der Waals surface area contributed by atoms with Crippen LogP contribution in [0.3, 0.4) is 0 Å². The molecule has 1 unspecified atom stereocenters. The first-order valence-electron chi connectivity index (χ1n) is 9.13. The van der Waals surface area contributed by atoms with Crippen LogP contribution < -0.4 is 9.47 Å². The van der Waals surface area contributed by atoms with Crippen LogP contribution in [0.2, 0.25) is 0 Å². The molecule has 0 bridgehead atoms. The Balaban J connectivity index is 1.76. The van der Waals surface area contributed by atoms with E-state index in [2.05, 4.69) is 56.3 Å². The van der Waals surface area contributed by atoms with Crippen molar-refractivity contribution >= 4 is 0 Å². The molecule has 136 valence electrons. The number of aryl methyl sites for hydroxylation is 2. The largest absolute Gasteiger partial charge is 0.454 e. The maximum absolute atomic E-state index is 5.52. The van der Waals surface area contributed by atoms with Crippen molar-refractivity contribution in [3.05, 3.63) is 41.0 Å². The topological polar surface area (TPSA) is 39.5 Å². The Hall–Kier alpha value is -2.01. The molecule has 2 aromatic rings. The summed E-state index contributed by atoms with van der Waals surface area (Å²) in [7, 11) is 2.17. The summed E-state index contributed by atoms with van der Waals surface area (Å²) in [6.07, 6.45) is 2.38. The van der Waals surface area contributed by atoms with E-state index in [0.29, 0.717) is 6.79 Å². The van der Waals surface area contributed by atoms with E-state index >= 15 is 0 Å². The van der Waals surface area contributed by atoms with Gasteiger partial charge >= 0.3 is 0 Å². The average molecular weight is 343 g/mol. The number of nitrogens with zero attached hydrogens (tertiary/aromatic N) is 3. The van der Waals surface area contributed by atoms with Crippen molar-refractivity contribution in [2.24, 2.45) is 0 Å². The Labute approximate surface area is 150 Å². The zero-order chi connectivity index (χ0) is 18.0. The molecule has 1 aliphatic rings. The lowest BCUT2D eigenvalue weighted by molar-refractivity contribution is 0.173. The van der Waals surface area contributed by atoms with Crippen molar-refractivity contribution in [3.8, 4) is 11.5 Å². The number of fused-ring (bicyclic) bond motifs is 1. The van der Waals surface area contributed by atoms with Crippen LogP contribution in [0, 0.1) is 13.8 Å². The fraction of sp³-hybridized carbons (Fsp3) is 0.550. The minimum atomic E-state index is 0.281. The van der Waals surface area contributed by atoms with E-state index in [9.17, 15) is 0 Å². The lowest BCUT2D eigenvalue weighted by Crippen LogP contribution is -2.24. The van der Waals surface area contributed by atoms with Crippen LogP contribution in [0.15, 0.2) is 18.2 Å². The third-order valence-electron chi connectivity index (χ3n) is 5.14. The van der Waals surface area contributed by atoms with Gasteiger partial charge in [0.2, 0.25) is 6.79 Å². The molecule has 0 amide bonds. The highest BCUT2D eigenvalue weighted by atomic mass is 16.7. The van der Waals surface area contributed by atoms with E-state index < -0.39 is 0 Å². The molecule has 25 heavy (non-hydrogen) atoms. The molecule has 1 aromatic heterocycles. The van der Waals surface area contributed by atoms with Crippen LogP contribution in [0.25, 0.3) is 0 Å². The van der Waals surface area contributed by atoms with Gasteiger partial charge in [0.15, 0.2) is 11.5 Å². The first kappa shape index (κ1) is 17.8. The van der Waals surface area contributed by atoms with E-state index in [4.69, 9.17) is 14.5 Å². The quantitative estimate of drug-likeness (QED) is 0.754. The fourth-order valence-electron chi connectivity index (χ4n) is 3.37. The van der Waals surface area contributed by atoms with E-state index in [1.54, 1.807) is 0 Å². The zero-order valence-electron chi connectivity index (χ0n) is 16.0. The summed E-state index contributed by atoms with van der Waals surface area (Å²) in [4.78, 5) is 7.06. The van der Waals surface area contributed by atoms with Crippen LogP contribution in [0.4, 0.5) is 0 Å². The van der Waals surface area contributed by atoms with E-state index in [1.165, 1.54) is 24.1 Å². The highest BCUT2D eigenvalue weighted by Gasteiger charge is 2.20. The van der Waals surface area contributed by atoms with Crippen LogP contribution in [-0.4, -0.2) is 28.3 Å². The second-order valence-electron chi connectivity index (χ2n) is 6.90. The maximum atomic E-state index is 5.52. The third-order valence-corrected chi connectivity index (χ3v) is 5.14. The Kier molecular flexibility index (Phi) is 5.33. The number of imidazole rings is 1. The fourth-order valence-corrected chi connectivity index (χ4v) is 3.37. The highest BCUT2D eigenvalue weighted by Crippen LogP contribution is 2.35. The summed E-state index contributed by atoms with van der Waals surface area (Å²) in [6.45, 7) is 10.9. The Morgan fingerprint density at radius 2 is 2.00 bits per heavy atom. The molecule has 0 saturated heterocycles. The summed E-state index contributed by atoms with van der Waals surface area (Å²) in [5, 5.41) is 0. The van der Waals surface area contributed by atoms with Crippen LogP contribution in [0.1, 0.15) is 55.5 Å². The van der Waals surface area contributed by atoms with Gasteiger partial charge in [0.1, 0.15) is 5.82 Å². The van der Waals surface area contributed by atoms with Gasteiger partial charge in [-0.15, -0.1) is 0 Å². The van der Waals surface area contributed by atoms with Crippen molar-refractivity contribution in [1.29, 1.82) is 0 Å². The predicted molar refractivity (Wildman–Crippen MR) is 99.1 cm³/mol. The summed E-state index contributed by atoms with van der Waals surface area (Å²) >= 11 is 0. The molecule has 1 aliphatic heterocycles. The lowest BCUT2D eigenvalue weighted by atomic mass is 10.1. The van der Waals surface area contributed by atoms with Gasteiger partial charge in [-0.3, -0.25) is 4.90 Å². The normalized spacial score (nSPS) is 14.3. The van der Waals surface area contributed by atoms with Crippen LogP contribution in [0.5, 0.6) is 11.5 Å². The zero-order valence-corrected chi connectivity index (χ0v) is 16.0. The highest BCUT2D eigenvalue weighted by molar-refractivity contribution is 5.45. The third kappa shape index (κ3) is 3.66. The number of hydrogen-bond donors (Lipinski definition) is 0. The molecule has 1 aromatic carbocycles. The van der Waals surface area contributed by atoms with Gasteiger partial charge in [-0.1, -0.05) is 19.4 Å². The monoisotopic (exact) mass is 343 g/mol. The molecule has 3 rings (SSSR count). The van der Waals surface area contributed by atoms with Crippen molar-refractivity contribution in [2.45, 2.75) is 59.7 Å². The van der Waals surface area contributed by atoms with Crippen molar-refractivity contribution in [2.75, 3.05) is 13.8 Å². The van der Waals surface area contributed by atoms with Crippen molar-refractivity contribution in [1.82, 2.24) is 14.5 Å². The molecule has 5 heteroatoms. The van der Waals surface area contributed by atoms with E-state index in [-0.39, 0.29) is 6.04 Å². The SMILES string of the molecule is CCCCn1c(C)nc(C)c1CN(C)C(C)c1ccc2c(c1)OCO2. The van der Waals surface area contributed by atoms with E-state index in [1.807, 2.05) is 6.07 Å². The molecule has 0 spiro atoms. The van der Waals surface area contributed by atoms with Crippen molar-refractivity contribution in [3.63, 3.8) is 0 Å². The van der Waals surface area contributed by atoms with Gasteiger partial charge in [-0.2, -0.15) is 0 Å². The molecule has 0 aliphatic carbocycles. The van der Waals surface area contributed by atoms with Gasteiger partial charge in [0.25, 0.3) is 0 Å². The Morgan fingerprint density at radius 1 is 1.24 bits per heavy atom. The van der Waals surface area contributed by atoms with Gasteiger partial charge in [0.05, 0.1) is 11.4 Å². The minimum absolute atomic E-state index is 0.281. The smallest absolute Gasteiger partial charge is 0.231 e. The number of benzene rings is 1. The molecular formula is C20H29N3O2. The first-order chi connectivity index (χ1) is 12.0. The number of unbranched alkanes of at least 4 members (excludes halogenated alkanes) is 1. The second kappa shape index (κ2) is 7.48. The molecule has 2 heterocycles. The summed E-state index contributed by atoms with van der Waals surface area (Å²) in [5.74, 6) is 2.80. The molecule has 0 fully saturated rings. The molecule has 5 nitrogen and oxygen atoms in total. The maximum Gasteiger partial charge on any atom is 0.231 e. The van der Waals surface area contributed by atoms with Crippen LogP contribution >= 0.6 is 0 Å². The summed E-state index contributed by atoms with van der Waals surface area (Å²) in [6, 6.07) is 6.50. The lowest BCUT2D eigenvalue weighted by Gasteiger charge is -2.26. The summed E-state index contributed by atoms with van der Waals surface area (Å²) < 4.78 is 13.3. The first-order valence-corrected chi connectivity index (χ1v) is 9.13. The summed E-state index contributed by atoms with van der Waals surface area (Å²) in [5.41, 5.74) is 3.69. The number of ether oxygens (including phenoxy) is 2. The predicted octanol–water partition coefficient (Wildman–Crippen LogP) is 4.22. The van der Waals surface area contributed by atoms with Gasteiger partial charge in [0, 0.05) is 19.1 Å². The number of rotatable bonds is 7. The number of hydrogen-bond acceptors (Lipinski definition) is 4. The van der Waals surface area contributed by atoms with Crippen molar-refractivity contribution < 1.29 is 9.47 Å².